The Morgan fingerprint density at radius 3 is 2.48 bits per heavy atom. The highest BCUT2D eigenvalue weighted by Gasteiger charge is 2.13. The number of carbonyl (C=O) groups excluding carboxylic acids is 1. The summed E-state index contributed by atoms with van der Waals surface area (Å²) >= 11 is 3.37. The Morgan fingerprint density at radius 1 is 1.14 bits per heavy atom. The predicted molar refractivity (Wildman–Crippen MR) is 86.1 cm³/mol. The molecule has 0 fully saturated rings. The molecule has 110 valence electrons. The van der Waals surface area contributed by atoms with Crippen molar-refractivity contribution in [3.8, 4) is 11.5 Å². The molecule has 2 rings (SSSR count). The third kappa shape index (κ3) is 3.28. The lowest BCUT2D eigenvalue weighted by molar-refractivity contribution is 0.102. The molecule has 0 aliphatic heterocycles. The summed E-state index contributed by atoms with van der Waals surface area (Å²) in [6.07, 6.45) is 0. The topological polar surface area (TPSA) is 73.6 Å². The maximum atomic E-state index is 12.3. The van der Waals surface area contributed by atoms with Gasteiger partial charge in [0.25, 0.3) is 5.91 Å². The molecule has 2 aromatic rings. The van der Waals surface area contributed by atoms with Gasteiger partial charge in [-0.25, -0.2) is 0 Å². The molecular weight excluding hydrogens is 336 g/mol. The predicted octanol–water partition coefficient (Wildman–Crippen LogP) is 3.30. The molecule has 0 radical (unpaired) electrons. The summed E-state index contributed by atoms with van der Waals surface area (Å²) in [6.45, 7) is 0. The number of anilines is 2. The fourth-order valence-corrected chi connectivity index (χ4v) is 2.40. The van der Waals surface area contributed by atoms with Crippen LogP contribution in [0.2, 0.25) is 0 Å². The fraction of sp³-hybridized carbons (Fsp3) is 0.133. The van der Waals surface area contributed by atoms with Crippen molar-refractivity contribution in [3.63, 3.8) is 0 Å². The number of ether oxygens (including phenoxy) is 2. The van der Waals surface area contributed by atoms with Crippen LogP contribution in [-0.4, -0.2) is 20.1 Å². The molecule has 21 heavy (non-hydrogen) atoms. The number of nitrogens with two attached hydrogens (primary N) is 1. The molecule has 0 saturated carbocycles. The second-order valence-electron chi connectivity index (χ2n) is 4.22. The first-order chi connectivity index (χ1) is 10.1. The Kier molecular flexibility index (Phi) is 4.70. The summed E-state index contributed by atoms with van der Waals surface area (Å²) in [5.41, 5.74) is 7.22. The first-order valence-corrected chi connectivity index (χ1v) is 6.93. The second kappa shape index (κ2) is 6.49. The van der Waals surface area contributed by atoms with Crippen LogP contribution >= 0.6 is 15.9 Å². The van der Waals surface area contributed by atoms with Gasteiger partial charge in [-0.05, 0) is 46.3 Å². The summed E-state index contributed by atoms with van der Waals surface area (Å²) in [4.78, 5) is 12.3. The molecule has 0 spiro atoms. The van der Waals surface area contributed by atoms with E-state index in [-0.39, 0.29) is 5.91 Å². The Balaban J connectivity index is 2.24. The molecule has 2 aromatic carbocycles. The number of rotatable bonds is 4. The van der Waals surface area contributed by atoms with E-state index in [1.54, 1.807) is 43.5 Å². The van der Waals surface area contributed by atoms with E-state index in [1.807, 2.05) is 0 Å². The van der Waals surface area contributed by atoms with Crippen molar-refractivity contribution in [1.29, 1.82) is 0 Å². The van der Waals surface area contributed by atoms with E-state index in [2.05, 4.69) is 21.2 Å². The number of para-hydroxylation sites is 1. The first-order valence-electron chi connectivity index (χ1n) is 6.14. The molecular formula is C15H15BrN2O3. The van der Waals surface area contributed by atoms with E-state index >= 15 is 0 Å². The van der Waals surface area contributed by atoms with Gasteiger partial charge in [-0.15, -0.1) is 0 Å². The van der Waals surface area contributed by atoms with Gasteiger partial charge in [0, 0.05) is 5.69 Å². The van der Waals surface area contributed by atoms with Crippen LogP contribution in [0.3, 0.4) is 0 Å². The van der Waals surface area contributed by atoms with Gasteiger partial charge in [-0.2, -0.15) is 0 Å². The first kappa shape index (κ1) is 15.2. The van der Waals surface area contributed by atoms with E-state index in [0.717, 1.165) is 4.47 Å². The molecule has 0 aromatic heterocycles. The minimum absolute atomic E-state index is 0.302. The van der Waals surface area contributed by atoms with Crippen molar-refractivity contribution in [3.05, 3.63) is 46.4 Å². The zero-order chi connectivity index (χ0) is 15.4. The summed E-state index contributed by atoms with van der Waals surface area (Å²) in [6, 6.07) is 10.3. The van der Waals surface area contributed by atoms with Gasteiger partial charge in [0.2, 0.25) is 0 Å². The van der Waals surface area contributed by atoms with Gasteiger partial charge in [0.1, 0.15) is 11.5 Å². The van der Waals surface area contributed by atoms with Crippen LogP contribution in [0, 0.1) is 0 Å². The Morgan fingerprint density at radius 2 is 1.86 bits per heavy atom. The summed E-state index contributed by atoms with van der Waals surface area (Å²) in [7, 11) is 3.09. The molecule has 0 bridgehead atoms. The average Bonchev–Trinajstić information content (AvgIpc) is 2.47. The highest BCUT2D eigenvalue weighted by molar-refractivity contribution is 9.10. The Bertz CT molecular complexity index is 674. The van der Waals surface area contributed by atoms with Gasteiger partial charge in [-0.1, -0.05) is 6.07 Å². The summed E-state index contributed by atoms with van der Waals surface area (Å²) in [5.74, 6) is 0.857. The van der Waals surface area contributed by atoms with Crippen molar-refractivity contribution in [2.24, 2.45) is 0 Å². The van der Waals surface area contributed by atoms with Gasteiger partial charge >= 0.3 is 0 Å². The number of carbonyl (C=O) groups is 1. The van der Waals surface area contributed by atoms with E-state index in [9.17, 15) is 4.79 Å². The van der Waals surface area contributed by atoms with Crippen molar-refractivity contribution < 1.29 is 14.3 Å². The van der Waals surface area contributed by atoms with Gasteiger partial charge in [0.05, 0.1) is 29.9 Å². The SMILES string of the molecule is COc1ccc(NC(=O)c2cccc(OC)c2N)cc1Br. The number of halogens is 1. The highest BCUT2D eigenvalue weighted by Crippen LogP contribution is 2.29. The lowest BCUT2D eigenvalue weighted by atomic mass is 10.1. The fourth-order valence-electron chi connectivity index (χ4n) is 1.86. The van der Waals surface area contributed by atoms with E-state index < -0.39 is 0 Å². The number of nitrogens with one attached hydrogen (secondary N) is 1. The number of nitrogen functional groups attached to an aromatic ring is 1. The zero-order valence-electron chi connectivity index (χ0n) is 11.6. The van der Waals surface area contributed by atoms with Crippen molar-refractivity contribution in [2.45, 2.75) is 0 Å². The van der Waals surface area contributed by atoms with Crippen LogP contribution in [0.15, 0.2) is 40.9 Å². The normalized spacial score (nSPS) is 10.0. The van der Waals surface area contributed by atoms with Crippen LogP contribution in [0.5, 0.6) is 11.5 Å². The van der Waals surface area contributed by atoms with E-state index in [1.165, 1.54) is 7.11 Å². The minimum atomic E-state index is -0.302. The van der Waals surface area contributed by atoms with Crippen molar-refractivity contribution >= 4 is 33.2 Å². The lowest BCUT2D eigenvalue weighted by Gasteiger charge is -2.11. The molecule has 0 aliphatic rings. The number of methoxy groups -OCH3 is 2. The van der Waals surface area contributed by atoms with Crippen molar-refractivity contribution in [2.75, 3.05) is 25.3 Å². The number of hydrogen-bond donors (Lipinski definition) is 2. The smallest absolute Gasteiger partial charge is 0.257 e. The Hall–Kier alpha value is -2.21. The Labute approximate surface area is 131 Å². The van der Waals surface area contributed by atoms with Crippen LogP contribution in [0.1, 0.15) is 10.4 Å². The second-order valence-corrected chi connectivity index (χ2v) is 5.08. The molecule has 0 unspecified atom stereocenters. The molecule has 0 saturated heterocycles. The molecule has 5 nitrogen and oxygen atoms in total. The largest absolute Gasteiger partial charge is 0.496 e. The van der Waals surface area contributed by atoms with Crippen LogP contribution in [-0.2, 0) is 0 Å². The molecule has 0 heterocycles. The third-order valence-electron chi connectivity index (χ3n) is 2.94. The number of benzene rings is 2. The van der Waals surface area contributed by atoms with Crippen LogP contribution in [0.25, 0.3) is 0 Å². The summed E-state index contributed by atoms with van der Waals surface area (Å²) in [5, 5.41) is 2.78. The van der Waals surface area contributed by atoms with Gasteiger partial charge in [-0.3, -0.25) is 4.79 Å². The lowest BCUT2D eigenvalue weighted by Crippen LogP contribution is -2.14. The molecule has 1 amide bonds. The number of hydrogen-bond acceptors (Lipinski definition) is 4. The number of amides is 1. The van der Waals surface area contributed by atoms with Crippen LogP contribution in [0.4, 0.5) is 11.4 Å². The molecule has 0 aliphatic carbocycles. The highest BCUT2D eigenvalue weighted by atomic mass is 79.9. The van der Waals surface area contributed by atoms with Gasteiger partial charge in [0.15, 0.2) is 0 Å². The molecule has 3 N–H and O–H groups in total. The quantitative estimate of drug-likeness (QED) is 0.829. The maximum absolute atomic E-state index is 12.3. The minimum Gasteiger partial charge on any atom is -0.496 e. The molecule has 6 heteroatoms. The van der Waals surface area contributed by atoms with Crippen molar-refractivity contribution in [1.82, 2.24) is 0 Å². The third-order valence-corrected chi connectivity index (χ3v) is 3.56. The van der Waals surface area contributed by atoms with Gasteiger partial charge < -0.3 is 20.5 Å². The standard InChI is InChI=1S/C15H15BrN2O3/c1-20-12-7-6-9(8-11(12)16)18-15(19)10-4-3-5-13(21-2)14(10)17/h3-8H,17H2,1-2H3,(H,18,19). The average molecular weight is 351 g/mol. The monoisotopic (exact) mass is 350 g/mol. The van der Waals surface area contributed by atoms with Crippen LogP contribution < -0.4 is 20.5 Å². The van der Waals surface area contributed by atoms with E-state index in [0.29, 0.717) is 28.4 Å². The maximum Gasteiger partial charge on any atom is 0.257 e. The zero-order valence-corrected chi connectivity index (χ0v) is 13.2. The molecule has 0 atom stereocenters. The van der Waals surface area contributed by atoms with E-state index in [4.69, 9.17) is 15.2 Å². The summed E-state index contributed by atoms with van der Waals surface area (Å²) < 4.78 is 11.0.